The van der Waals surface area contributed by atoms with Gasteiger partial charge in [-0.15, -0.1) is 0 Å². The lowest BCUT2D eigenvalue weighted by molar-refractivity contribution is -0.138. The Kier molecular flexibility index (Phi) is 8.11. The van der Waals surface area contributed by atoms with Crippen LogP contribution in [-0.2, 0) is 9.59 Å². The smallest absolute Gasteiger partial charge is 0.410 e. The Morgan fingerprint density at radius 2 is 1.68 bits per heavy atom. The van der Waals surface area contributed by atoms with Crippen molar-refractivity contribution in [2.45, 2.75) is 32.1 Å². The van der Waals surface area contributed by atoms with Gasteiger partial charge in [0.2, 0.25) is 11.8 Å². The van der Waals surface area contributed by atoms with E-state index in [1.807, 2.05) is 0 Å². The highest BCUT2D eigenvalue weighted by Gasteiger charge is 2.29. The summed E-state index contributed by atoms with van der Waals surface area (Å²) in [6.07, 6.45) is 3.92. The molecule has 7 nitrogen and oxygen atoms in total. The summed E-state index contributed by atoms with van der Waals surface area (Å²) >= 11 is 5.82. The molecule has 2 rings (SSSR count). The number of carbonyl (C=O) groups excluding carboxylic acids is 3. The number of amides is 3. The fourth-order valence-corrected chi connectivity index (χ4v) is 3.60. The number of nitrogens with zero attached hydrogens (tertiary/aromatic N) is 2. The zero-order chi connectivity index (χ0) is 20.7. The molecule has 8 heteroatoms. The fourth-order valence-electron chi connectivity index (χ4n) is 3.47. The third-order valence-corrected chi connectivity index (χ3v) is 5.42. The number of rotatable bonds is 7. The third-order valence-electron chi connectivity index (χ3n) is 5.17. The topological polar surface area (TPSA) is 92.9 Å². The molecular weight excluding hydrogens is 382 g/mol. The maximum Gasteiger partial charge on any atom is 0.414 e. The largest absolute Gasteiger partial charge is 0.414 e. The second-order valence-corrected chi connectivity index (χ2v) is 7.85. The molecule has 154 valence electrons. The van der Waals surface area contributed by atoms with E-state index in [4.69, 9.17) is 22.1 Å². The van der Waals surface area contributed by atoms with Crippen LogP contribution >= 0.6 is 11.6 Å². The highest BCUT2D eigenvalue weighted by atomic mass is 35.5. The first kappa shape index (κ1) is 22.0. The van der Waals surface area contributed by atoms with Crippen molar-refractivity contribution in [3.63, 3.8) is 0 Å². The van der Waals surface area contributed by atoms with E-state index >= 15 is 0 Å². The second kappa shape index (κ2) is 10.3. The molecule has 1 aromatic carbocycles. The van der Waals surface area contributed by atoms with E-state index in [0.29, 0.717) is 23.2 Å². The Morgan fingerprint density at radius 1 is 1.07 bits per heavy atom. The van der Waals surface area contributed by atoms with E-state index in [9.17, 15) is 14.4 Å². The van der Waals surface area contributed by atoms with Crippen molar-refractivity contribution < 1.29 is 19.1 Å². The molecule has 0 saturated heterocycles. The molecule has 28 heavy (non-hydrogen) atoms. The van der Waals surface area contributed by atoms with Gasteiger partial charge in [0.05, 0.1) is 6.54 Å². The summed E-state index contributed by atoms with van der Waals surface area (Å²) in [5, 5.41) is 0.586. The SMILES string of the molecule is CN(CCC1CCC(C(=O)N(C)CC(N)=O)CC1)C(=O)Oc1ccc(Cl)cc1. The molecule has 1 fully saturated rings. The second-order valence-electron chi connectivity index (χ2n) is 7.41. The lowest BCUT2D eigenvalue weighted by atomic mass is 9.80. The van der Waals surface area contributed by atoms with E-state index in [0.717, 1.165) is 32.1 Å². The Labute approximate surface area is 170 Å². The quantitative estimate of drug-likeness (QED) is 0.749. The number of benzene rings is 1. The zero-order valence-corrected chi connectivity index (χ0v) is 17.2. The van der Waals surface area contributed by atoms with Crippen molar-refractivity contribution >= 4 is 29.5 Å². The Balaban J connectivity index is 1.71. The number of likely N-dealkylation sites (N-methyl/N-ethyl adjacent to an activating group) is 1. The average Bonchev–Trinajstić information content (AvgIpc) is 2.67. The highest BCUT2D eigenvalue weighted by Crippen LogP contribution is 2.32. The molecule has 1 aliphatic rings. The molecule has 1 aromatic rings. The molecule has 0 unspecified atom stereocenters. The maximum absolute atomic E-state index is 12.3. The summed E-state index contributed by atoms with van der Waals surface area (Å²) in [5.41, 5.74) is 5.15. The van der Waals surface area contributed by atoms with Gasteiger partial charge in [0, 0.05) is 31.6 Å². The van der Waals surface area contributed by atoms with Gasteiger partial charge in [0.25, 0.3) is 0 Å². The predicted molar refractivity (Wildman–Crippen MR) is 107 cm³/mol. The number of halogens is 1. The van der Waals surface area contributed by atoms with Crippen LogP contribution in [0.25, 0.3) is 0 Å². The first-order chi connectivity index (χ1) is 13.3. The fraction of sp³-hybridized carbons (Fsp3) is 0.550. The van der Waals surface area contributed by atoms with E-state index in [1.165, 1.54) is 4.90 Å². The molecule has 0 radical (unpaired) electrons. The minimum absolute atomic E-state index is 0.0130. The van der Waals surface area contributed by atoms with Crippen molar-refractivity contribution in [2.75, 3.05) is 27.2 Å². The lowest BCUT2D eigenvalue weighted by Crippen LogP contribution is -2.40. The normalized spacial score (nSPS) is 19.0. The summed E-state index contributed by atoms with van der Waals surface area (Å²) in [5.74, 6) is 0.365. The molecule has 2 N–H and O–H groups in total. The molecule has 3 amide bonds. The lowest BCUT2D eigenvalue weighted by Gasteiger charge is -2.31. The molecule has 0 heterocycles. The molecule has 1 saturated carbocycles. The van der Waals surface area contributed by atoms with Crippen LogP contribution in [0.3, 0.4) is 0 Å². The summed E-state index contributed by atoms with van der Waals surface area (Å²) in [6.45, 7) is 0.552. The third kappa shape index (κ3) is 6.71. The summed E-state index contributed by atoms with van der Waals surface area (Å²) < 4.78 is 5.32. The predicted octanol–water partition coefficient (Wildman–Crippen LogP) is 2.91. The first-order valence-corrected chi connectivity index (χ1v) is 9.86. The molecule has 0 aromatic heterocycles. The van der Waals surface area contributed by atoms with Crippen molar-refractivity contribution in [3.05, 3.63) is 29.3 Å². The van der Waals surface area contributed by atoms with Crippen LogP contribution in [0.4, 0.5) is 4.79 Å². The van der Waals surface area contributed by atoms with Gasteiger partial charge in [0.15, 0.2) is 0 Å². The molecule has 0 spiro atoms. The van der Waals surface area contributed by atoms with Crippen molar-refractivity contribution in [1.82, 2.24) is 9.80 Å². The minimum Gasteiger partial charge on any atom is -0.410 e. The van der Waals surface area contributed by atoms with Gasteiger partial charge in [-0.1, -0.05) is 11.6 Å². The van der Waals surface area contributed by atoms with E-state index in [2.05, 4.69) is 0 Å². The van der Waals surface area contributed by atoms with Crippen LogP contribution < -0.4 is 10.5 Å². The van der Waals surface area contributed by atoms with Crippen molar-refractivity contribution in [2.24, 2.45) is 17.6 Å². The van der Waals surface area contributed by atoms with Gasteiger partial charge in [0.1, 0.15) is 5.75 Å². The van der Waals surface area contributed by atoms with Gasteiger partial charge in [-0.2, -0.15) is 0 Å². The minimum atomic E-state index is -0.502. The van der Waals surface area contributed by atoms with Gasteiger partial charge >= 0.3 is 6.09 Å². The van der Waals surface area contributed by atoms with Crippen LogP contribution in [0.5, 0.6) is 5.75 Å². The Hall–Kier alpha value is -2.28. The Morgan fingerprint density at radius 3 is 2.25 bits per heavy atom. The van der Waals surface area contributed by atoms with Gasteiger partial charge in [-0.25, -0.2) is 4.79 Å². The van der Waals surface area contributed by atoms with Crippen LogP contribution in [0.1, 0.15) is 32.1 Å². The number of carbonyl (C=O) groups is 3. The van der Waals surface area contributed by atoms with Gasteiger partial charge in [-0.05, 0) is 62.3 Å². The van der Waals surface area contributed by atoms with Crippen molar-refractivity contribution in [3.8, 4) is 5.75 Å². The first-order valence-electron chi connectivity index (χ1n) is 9.48. The number of primary amides is 1. The van der Waals surface area contributed by atoms with Gasteiger partial charge in [-0.3, -0.25) is 9.59 Å². The maximum atomic E-state index is 12.3. The Bertz CT molecular complexity index is 687. The molecule has 0 atom stereocenters. The molecule has 1 aliphatic carbocycles. The monoisotopic (exact) mass is 409 g/mol. The zero-order valence-electron chi connectivity index (χ0n) is 16.4. The van der Waals surface area contributed by atoms with E-state index in [1.54, 1.807) is 43.3 Å². The van der Waals surface area contributed by atoms with Crippen LogP contribution in [0.15, 0.2) is 24.3 Å². The van der Waals surface area contributed by atoms with Crippen LogP contribution in [-0.4, -0.2) is 54.9 Å². The van der Waals surface area contributed by atoms with E-state index < -0.39 is 12.0 Å². The molecular formula is C20H28ClN3O4. The number of nitrogens with two attached hydrogens (primary N) is 1. The summed E-state index contributed by atoms with van der Waals surface area (Å²) in [7, 11) is 3.33. The highest BCUT2D eigenvalue weighted by molar-refractivity contribution is 6.30. The van der Waals surface area contributed by atoms with Crippen LogP contribution in [0.2, 0.25) is 5.02 Å². The number of hydrogen-bond acceptors (Lipinski definition) is 4. The number of ether oxygens (including phenoxy) is 1. The summed E-state index contributed by atoms with van der Waals surface area (Å²) in [4.78, 5) is 38.4. The van der Waals surface area contributed by atoms with Crippen molar-refractivity contribution in [1.29, 1.82) is 0 Å². The molecule has 0 bridgehead atoms. The van der Waals surface area contributed by atoms with Gasteiger partial charge < -0.3 is 20.3 Å². The number of hydrogen-bond donors (Lipinski definition) is 1. The average molecular weight is 410 g/mol. The summed E-state index contributed by atoms with van der Waals surface area (Å²) in [6, 6.07) is 6.65. The molecule has 0 aliphatic heterocycles. The van der Waals surface area contributed by atoms with Crippen LogP contribution in [0, 0.1) is 11.8 Å². The standard InChI is InChI=1S/C20H28ClN3O4/c1-23(20(27)28-17-9-7-16(21)8-10-17)12-11-14-3-5-15(6-4-14)19(26)24(2)13-18(22)25/h7-10,14-15H,3-6,11-13H2,1-2H3,(H2,22,25). The van der Waals surface area contributed by atoms with E-state index in [-0.39, 0.29) is 18.4 Å².